The van der Waals surface area contributed by atoms with E-state index in [9.17, 15) is 0 Å². The van der Waals surface area contributed by atoms with E-state index < -0.39 is 0 Å². The van der Waals surface area contributed by atoms with E-state index in [1.807, 2.05) is 0 Å². The van der Waals surface area contributed by atoms with Gasteiger partial charge in [0.1, 0.15) is 5.82 Å². The van der Waals surface area contributed by atoms with Crippen molar-refractivity contribution in [1.82, 2.24) is 15.3 Å². The Hall–Kier alpha value is -0.960. The number of aryl methyl sites for hydroxylation is 1. The number of aromatic nitrogens is 2. The average molecular weight is 259 g/mol. The van der Waals surface area contributed by atoms with Crippen LogP contribution in [0.3, 0.4) is 0 Å². The SMILES string of the molecule is CCCNC1CCCCc2nc(C3CC3C)ncc21. The Morgan fingerprint density at radius 3 is 2.95 bits per heavy atom. The molecule has 0 radical (unpaired) electrons. The van der Waals surface area contributed by atoms with Crippen molar-refractivity contribution >= 4 is 0 Å². The van der Waals surface area contributed by atoms with Crippen molar-refractivity contribution in [2.45, 2.75) is 64.3 Å². The fourth-order valence-corrected chi connectivity index (χ4v) is 3.12. The predicted octanol–water partition coefficient (Wildman–Crippen LogP) is 3.37. The van der Waals surface area contributed by atoms with Gasteiger partial charge >= 0.3 is 0 Å². The minimum absolute atomic E-state index is 0.475. The quantitative estimate of drug-likeness (QED) is 0.842. The molecule has 0 bridgehead atoms. The van der Waals surface area contributed by atoms with Gasteiger partial charge in [-0.15, -0.1) is 0 Å². The third kappa shape index (κ3) is 2.81. The first-order chi connectivity index (χ1) is 9.29. The highest BCUT2D eigenvalue weighted by Crippen LogP contribution is 2.45. The normalized spacial score (nSPS) is 29.7. The monoisotopic (exact) mass is 259 g/mol. The highest BCUT2D eigenvalue weighted by Gasteiger charge is 2.37. The van der Waals surface area contributed by atoms with Crippen LogP contribution in [0.25, 0.3) is 0 Å². The van der Waals surface area contributed by atoms with Crippen LogP contribution in [0.15, 0.2) is 6.20 Å². The van der Waals surface area contributed by atoms with E-state index in [1.165, 1.54) is 43.4 Å². The summed E-state index contributed by atoms with van der Waals surface area (Å²) < 4.78 is 0. The van der Waals surface area contributed by atoms with E-state index in [1.54, 1.807) is 0 Å². The molecule has 3 unspecified atom stereocenters. The highest BCUT2D eigenvalue weighted by atomic mass is 15.0. The second-order valence-corrected chi connectivity index (χ2v) is 6.20. The summed E-state index contributed by atoms with van der Waals surface area (Å²) in [5.74, 6) is 2.52. The van der Waals surface area contributed by atoms with Gasteiger partial charge in [-0.3, -0.25) is 0 Å². The molecule has 0 saturated heterocycles. The van der Waals surface area contributed by atoms with Gasteiger partial charge in [0.25, 0.3) is 0 Å². The molecular weight excluding hydrogens is 234 g/mol. The lowest BCUT2D eigenvalue weighted by molar-refractivity contribution is 0.488. The number of nitrogens with one attached hydrogen (secondary N) is 1. The second-order valence-electron chi connectivity index (χ2n) is 6.20. The van der Waals surface area contributed by atoms with Gasteiger partial charge in [0.05, 0.1) is 0 Å². The summed E-state index contributed by atoms with van der Waals surface area (Å²) in [5.41, 5.74) is 2.68. The van der Waals surface area contributed by atoms with Crippen LogP contribution >= 0.6 is 0 Å². The Balaban J connectivity index is 1.83. The van der Waals surface area contributed by atoms with Crippen molar-refractivity contribution in [2.24, 2.45) is 5.92 Å². The molecule has 0 amide bonds. The zero-order valence-corrected chi connectivity index (χ0v) is 12.2. The Morgan fingerprint density at radius 2 is 2.21 bits per heavy atom. The average Bonchev–Trinajstić information content (AvgIpc) is 3.18. The molecule has 0 spiro atoms. The number of hydrogen-bond acceptors (Lipinski definition) is 3. The molecule has 1 aromatic heterocycles. The number of hydrogen-bond donors (Lipinski definition) is 1. The molecular formula is C16H25N3. The van der Waals surface area contributed by atoms with Crippen LogP contribution in [0.2, 0.25) is 0 Å². The summed E-state index contributed by atoms with van der Waals surface area (Å²) >= 11 is 0. The van der Waals surface area contributed by atoms with Gasteiger partial charge in [0, 0.05) is 29.4 Å². The topological polar surface area (TPSA) is 37.8 Å². The van der Waals surface area contributed by atoms with Gasteiger partial charge in [0.15, 0.2) is 0 Å². The Morgan fingerprint density at radius 1 is 1.37 bits per heavy atom. The molecule has 1 fully saturated rings. The summed E-state index contributed by atoms with van der Waals surface area (Å²) in [7, 11) is 0. The molecule has 2 aliphatic rings. The van der Waals surface area contributed by atoms with E-state index in [4.69, 9.17) is 4.98 Å². The van der Waals surface area contributed by atoms with Gasteiger partial charge in [0.2, 0.25) is 0 Å². The first-order valence-corrected chi connectivity index (χ1v) is 7.88. The van der Waals surface area contributed by atoms with E-state index in [0.717, 1.165) is 24.7 Å². The van der Waals surface area contributed by atoms with Gasteiger partial charge in [-0.25, -0.2) is 9.97 Å². The standard InChI is InChI=1S/C16H25N3/c1-3-8-17-14-6-4-5-7-15-13(14)10-18-16(19-15)12-9-11(12)2/h10-12,14,17H,3-9H2,1-2H3. The minimum Gasteiger partial charge on any atom is -0.310 e. The van der Waals surface area contributed by atoms with Crippen LogP contribution in [-0.4, -0.2) is 16.5 Å². The molecule has 3 nitrogen and oxygen atoms in total. The molecule has 1 aromatic rings. The van der Waals surface area contributed by atoms with Crippen LogP contribution in [0, 0.1) is 5.92 Å². The van der Waals surface area contributed by atoms with Crippen LogP contribution in [-0.2, 0) is 6.42 Å². The van der Waals surface area contributed by atoms with E-state index in [-0.39, 0.29) is 0 Å². The molecule has 0 aliphatic heterocycles. The maximum absolute atomic E-state index is 4.89. The van der Waals surface area contributed by atoms with Crippen LogP contribution in [0.4, 0.5) is 0 Å². The molecule has 104 valence electrons. The molecule has 1 heterocycles. The first kappa shape index (κ1) is 13.0. The lowest BCUT2D eigenvalue weighted by Crippen LogP contribution is -2.23. The number of fused-ring (bicyclic) bond motifs is 1. The largest absolute Gasteiger partial charge is 0.310 e. The molecule has 2 aliphatic carbocycles. The molecule has 19 heavy (non-hydrogen) atoms. The summed E-state index contributed by atoms with van der Waals surface area (Å²) in [4.78, 5) is 9.55. The van der Waals surface area contributed by atoms with E-state index in [2.05, 4.69) is 30.3 Å². The maximum atomic E-state index is 4.89. The Bertz CT molecular complexity index is 444. The molecule has 3 rings (SSSR count). The lowest BCUT2D eigenvalue weighted by Gasteiger charge is -2.18. The second kappa shape index (κ2) is 5.58. The summed E-state index contributed by atoms with van der Waals surface area (Å²) in [6.45, 7) is 5.61. The van der Waals surface area contributed by atoms with Crippen molar-refractivity contribution < 1.29 is 0 Å². The number of rotatable bonds is 4. The highest BCUT2D eigenvalue weighted by molar-refractivity contribution is 5.25. The molecule has 1 saturated carbocycles. The van der Waals surface area contributed by atoms with Crippen LogP contribution < -0.4 is 5.32 Å². The fraction of sp³-hybridized carbons (Fsp3) is 0.750. The molecule has 0 aromatic carbocycles. The van der Waals surface area contributed by atoms with Gasteiger partial charge in [-0.05, 0) is 44.6 Å². The van der Waals surface area contributed by atoms with Crippen molar-refractivity contribution in [3.8, 4) is 0 Å². The number of nitrogens with zero attached hydrogens (tertiary/aromatic N) is 2. The zero-order chi connectivity index (χ0) is 13.2. The zero-order valence-electron chi connectivity index (χ0n) is 12.2. The third-order valence-electron chi connectivity index (χ3n) is 4.53. The van der Waals surface area contributed by atoms with Crippen molar-refractivity contribution in [2.75, 3.05) is 6.54 Å². The molecule has 1 N–H and O–H groups in total. The first-order valence-electron chi connectivity index (χ1n) is 7.88. The fourth-order valence-electron chi connectivity index (χ4n) is 3.12. The maximum Gasteiger partial charge on any atom is 0.131 e. The summed E-state index contributed by atoms with van der Waals surface area (Å²) in [6, 6.07) is 0.475. The smallest absolute Gasteiger partial charge is 0.131 e. The van der Waals surface area contributed by atoms with E-state index >= 15 is 0 Å². The molecule has 3 atom stereocenters. The minimum atomic E-state index is 0.475. The summed E-state index contributed by atoms with van der Waals surface area (Å²) in [5, 5.41) is 3.66. The third-order valence-corrected chi connectivity index (χ3v) is 4.53. The van der Waals surface area contributed by atoms with Gasteiger partial charge in [-0.2, -0.15) is 0 Å². The predicted molar refractivity (Wildman–Crippen MR) is 77.1 cm³/mol. The lowest BCUT2D eigenvalue weighted by atomic mass is 10.0. The Kier molecular flexibility index (Phi) is 3.83. The Labute approximate surface area is 116 Å². The van der Waals surface area contributed by atoms with Crippen molar-refractivity contribution in [3.05, 3.63) is 23.3 Å². The van der Waals surface area contributed by atoms with E-state index in [0.29, 0.717) is 12.0 Å². The van der Waals surface area contributed by atoms with Crippen LogP contribution in [0.5, 0.6) is 0 Å². The van der Waals surface area contributed by atoms with Crippen molar-refractivity contribution in [1.29, 1.82) is 0 Å². The van der Waals surface area contributed by atoms with Crippen molar-refractivity contribution in [3.63, 3.8) is 0 Å². The molecule has 3 heteroatoms. The summed E-state index contributed by atoms with van der Waals surface area (Å²) in [6.07, 6.45) is 9.51. The van der Waals surface area contributed by atoms with Crippen LogP contribution in [0.1, 0.15) is 75.0 Å². The van der Waals surface area contributed by atoms with Gasteiger partial charge < -0.3 is 5.32 Å². The van der Waals surface area contributed by atoms with Gasteiger partial charge in [-0.1, -0.05) is 20.3 Å².